The van der Waals surface area contributed by atoms with E-state index in [0.29, 0.717) is 30.0 Å². The van der Waals surface area contributed by atoms with E-state index in [1.54, 1.807) is 18.2 Å². The summed E-state index contributed by atoms with van der Waals surface area (Å²) in [5.74, 6) is 0.605. The van der Waals surface area contributed by atoms with Crippen molar-refractivity contribution in [2.45, 2.75) is 38.6 Å². The smallest absolute Gasteiger partial charge is 0.330 e. The molecule has 0 aromatic heterocycles. The third-order valence-electron chi connectivity index (χ3n) is 4.86. The Morgan fingerprint density at radius 3 is 2.56 bits per heavy atom. The lowest BCUT2D eigenvalue weighted by Gasteiger charge is -2.24. The van der Waals surface area contributed by atoms with E-state index in [4.69, 9.17) is 4.74 Å². The summed E-state index contributed by atoms with van der Waals surface area (Å²) in [6, 6.07) is 7.57. The van der Waals surface area contributed by atoms with Gasteiger partial charge in [0.2, 0.25) is 0 Å². The Hall–Kier alpha value is -2.36. The molecule has 2 aliphatic carbocycles. The molecule has 1 aromatic carbocycles. The highest BCUT2D eigenvalue weighted by Crippen LogP contribution is 2.25. The number of amides is 1. The van der Waals surface area contributed by atoms with Gasteiger partial charge in [0.25, 0.3) is 5.91 Å². The van der Waals surface area contributed by atoms with Crippen molar-refractivity contribution in [3.63, 3.8) is 0 Å². The molecular formula is C21H25NO3. The molecule has 2 aliphatic rings. The van der Waals surface area contributed by atoms with E-state index in [2.05, 4.69) is 24.4 Å². The quantitative estimate of drug-likeness (QED) is 0.488. The first kappa shape index (κ1) is 17.5. The molecule has 4 heteroatoms. The van der Waals surface area contributed by atoms with Crippen molar-refractivity contribution in [3.8, 4) is 0 Å². The largest absolute Gasteiger partial charge is 0.462 e. The molecule has 4 nitrogen and oxygen atoms in total. The van der Waals surface area contributed by atoms with Crippen LogP contribution in [0.4, 0.5) is 0 Å². The highest BCUT2D eigenvalue weighted by molar-refractivity contribution is 5.95. The van der Waals surface area contributed by atoms with E-state index in [-0.39, 0.29) is 11.9 Å². The van der Waals surface area contributed by atoms with Gasteiger partial charge in [-0.05, 0) is 61.3 Å². The van der Waals surface area contributed by atoms with Crippen molar-refractivity contribution in [2.75, 3.05) is 6.61 Å². The molecule has 0 bridgehead atoms. The molecule has 25 heavy (non-hydrogen) atoms. The maximum absolute atomic E-state index is 11.9. The number of nitrogens with one attached hydrogen (secondary N) is 1. The summed E-state index contributed by atoms with van der Waals surface area (Å²) in [5, 5.41) is 2.96. The molecule has 2 unspecified atom stereocenters. The molecule has 0 aliphatic heterocycles. The predicted molar refractivity (Wildman–Crippen MR) is 98.0 cm³/mol. The monoisotopic (exact) mass is 339 g/mol. The summed E-state index contributed by atoms with van der Waals surface area (Å²) in [4.78, 5) is 23.8. The maximum atomic E-state index is 11.9. The van der Waals surface area contributed by atoms with Crippen LogP contribution in [0.15, 0.2) is 42.5 Å². The van der Waals surface area contributed by atoms with Crippen LogP contribution in [0.25, 0.3) is 6.08 Å². The topological polar surface area (TPSA) is 55.4 Å². The van der Waals surface area contributed by atoms with Gasteiger partial charge in [0, 0.05) is 17.7 Å². The second kappa shape index (κ2) is 8.15. The Labute approximate surface area is 149 Å². The van der Waals surface area contributed by atoms with E-state index in [1.807, 2.05) is 12.1 Å². The number of esters is 1. The fraction of sp³-hybridized carbons (Fsp3) is 0.429. The fourth-order valence-electron chi connectivity index (χ4n) is 2.88. The minimum atomic E-state index is -0.322. The third-order valence-corrected chi connectivity index (χ3v) is 4.86. The summed E-state index contributed by atoms with van der Waals surface area (Å²) >= 11 is 0. The Kier molecular flexibility index (Phi) is 5.69. The molecule has 1 aromatic rings. The highest BCUT2D eigenvalue weighted by Gasteiger charge is 2.23. The molecule has 0 spiro atoms. The Morgan fingerprint density at radius 1 is 1.16 bits per heavy atom. The predicted octanol–water partition coefficient (Wildman–Crippen LogP) is 3.74. The first-order chi connectivity index (χ1) is 12.1. The Morgan fingerprint density at radius 2 is 1.88 bits per heavy atom. The zero-order chi connectivity index (χ0) is 17.6. The van der Waals surface area contributed by atoms with Crippen LogP contribution in [-0.4, -0.2) is 24.5 Å². The van der Waals surface area contributed by atoms with Gasteiger partial charge in [0.05, 0.1) is 6.61 Å². The summed E-state index contributed by atoms with van der Waals surface area (Å²) in [6.07, 6.45) is 11.7. The molecule has 0 saturated heterocycles. The number of hydrogen-bond donors (Lipinski definition) is 1. The van der Waals surface area contributed by atoms with Gasteiger partial charge in [-0.2, -0.15) is 0 Å². The first-order valence-electron chi connectivity index (χ1n) is 9.02. The summed E-state index contributed by atoms with van der Waals surface area (Å²) in [7, 11) is 0. The number of hydrogen-bond acceptors (Lipinski definition) is 3. The molecule has 1 amide bonds. The number of carbonyl (C=O) groups is 2. The van der Waals surface area contributed by atoms with E-state index in [1.165, 1.54) is 6.08 Å². The van der Waals surface area contributed by atoms with Crippen molar-refractivity contribution in [3.05, 3.63) is 53.6 Å². The third kappa shape index (κ3) is 5.31. The minimum absolute atomic E-state index is 0.0342. The molecule has 0 radical (unpaired) electrons. The van der Waals surface area contributed by atoms with Crippen molar-refractivity contribution in [1.29, 1.82) is 0 Å². The lowest BCUT2D eigenvalue weighted by atomic mass is 9.85. The standard InChI is InChI=1S/C21H25NO3/c1-15-4-2-3-5-18(15)14-25-20(23)13-8-16-6-9-17(10-7-16)21(24)22-19-11-12-19/h2-3,6-10,13,15,18-19H,4-5,11-12,14H2,1H3,(H,22,24)/b13-8+. The van der Waals surface area contributed by atoms with Crippen LogP contribution in [0, 0.1) is 11.8 Å². The van der Waals surface area contributed by atoms with Crippen molar-refractivity contribution in [2.24, 2.45) is 11.8 Å². The van der Waals surface area contributed by atoms with Gasteiger partial charge in [-0.25, -0.2) is 4.79 Å². The van der Waals surface area contributed by atoms with Crippen molar-refractivity contribution in [1.82, 2.24) is 5.32 Å². The van der Waals surface area contributed by atoms with Crippen LogP contribution in [0.5, 0.6) is 0 Å². The summed E-state index contributed by atoms with van der Waals surface area (Å²) < 4.78 is 5.36. The highest BCUT2D eigenvalue weighted by atomic mass is 16.5. The SMILES string of the molecule is CC1CC=CCC1COC(=O)/C=C/c1ccc(C(=O)NC2CC2)cc1. The normalized spacial score (nSPS) is 22.8. The van der Waals surface area contributed by atoms with Gasteiger partial charge in [0.15, 0.2) is 0 Å². The summed E-state index contributed by atoms with van der Waals surface area (Å²) in [5.41, 5.74) is 1.51. The maximum Gasteiger partial charge on any atom is 0.330 e. The van der Waals surface area contributed by atoms with Crippen molar-refractivity contribution >= 4 is 18.0 Å². The lowest BCUT2D eigenvalue weighted by molar-refractivity contribution is -0.139. The van der Waals surface area contributed by atoms with E-state index in [0.717, 1.165) is 31.2 Å². The molecule has 1 fully saturated rings. The van der Waals surface area contributed by atoms with E-state index >= 15 is 0 Å². The van der Waals surface area contributed by atoms with Crippen LogP contribution in [0.3, 0.4) is 0 Å². The average Bonchev–Trinajstić information content (AvgIpc) is 3.43. The molecule has 1 N–H and O–H groups in total. The Balaban J connectivity index is 1.46. The van der Waals surface area contributed by atoms with Crippen molar-refractivity contribution < 1.29 is 14.3 Å². The number of ether oxygens (including phenoxy) is 1. The second-order valence-corrected chi connectivity index (χ2v) is 7.01. The van der Waals surface area contributed by atoms with Crippen LogP contribution < -0.4 is 5.32 Å². The number of benzene rings is 1. The van der Waals surface area contributed by atoms with Crippen LogP contribution in [0.2, 0.25) is 0 Å². The zero-order valence-corrected chi connectivity index (χ0v) is 14.6. The molecule has 3 rings (SSSR count). The molecule has 2 atom stereocenters. The van der Waals surface area contributed by atoms with Crippen LogP contribution in [0.1, 0.15) is 48.5 Å². The van der Waals surface area contributed by atoms with Gasteiger partial charge >= 0.3 is 5.97 Å². The number of carbonyl (C=O) groups excluding carboxylic acids is 2. The van der Waals surface area contributed by atoms with E-state index < -0.39 is 0 Å². The second-order valence-electron chi connectivity index (χ2n) is 7.01. The fourth-order valence-corrected chi connectivity index (χ4v) is 2.88. The van der Waals surface area contributed by atoms with E-state index in [9.17, 15) is 9.59 Å². The zero-order valence-electron chi connectivity index (χ0n) is 14.6. The number of rotatable bonds is 6. The molecule has 132 valence electrons. The van der Waals surface area contributed by atoms with Gasteiger partial charge in [0.1, 0.15) is 0 Å². The lowest BCUT2D eigenvalue weighted by Crippen LogP contribution is -2.25. The molecule has 0 heterocycles. The average molecular weight is 339 g/mol. The van der Waals surface area contributed by atoms with Crippen LogP contribution in [-0.2, 0) is 9.53 Å². The van der Waals surface area contributed by atoms with Gasteiger partial charge in [-0.1, -0.05) is 31.2 Å². The summed E-state index contributed by atoms with van der Waals surface area (Å²) in [6.45, 7) is 2.66. The number of allylic oxidation sites excluding steroid dienone is 2. The van der Waals surface area contributed by atoms with Gasteiger partial charge < -0.3 is 10.1 Å². The van der Waals surface area contributed by atoms with Gasteiger partial charge in [-0.15, -0.1) is 0 Å². The van der Waals surface area contributed by atoms with Crippen LogP contribution >= 0.6 is 0 Å². The molecular weight excluding hydrogens is 314 g/mol. The van der Waals surface area contributed by atoms with Gasteiger partial charge in [-0.3, -0.25) is 4.79 Å². The Bertz CT molecular complexity index is 671. The first-order valence-corrected chi connectivity index (χ1v) is 9.02. The minimum Gasteiger partial charge on any atom is -0.462 e. The molecule has 1 saturated carbocycles.